The van der Waals surface area contributed by atoms with Gasteiger partial charge < -0.3 is 23.9 Å². The summed E-state index contributed by atoms with van der Waals surface area (Å²) in [6, 6.07) is 18.2. The molecule has 1 saturated carbocycles. The van der Waals surface area contributed by atoms with Crippen LogP contribution in [0.2, 0.25) is 0 Å². The van der Waals surface area contributed by atoms with Crippen molar-refractivity contribution in [2.75, 3.05) is 38.3 Å². The Labute approximate surface area is 239 Å². The van der Waals surface area contributed by atoms with E-state index in [9.17, 15) is 9.90 Å². The second-order valence-electron chi connectivity index (χ2n) is 11.7. The number of morpholine rings is 1. The zero-order chi connectivity index (χ0) is 28.8. The number of ether oxygens (including phenoxy) is 2. The van der Waals surface area contributed by atoms with Crippen LogP contribution in [0.4, 0.5) is 10.7 Å². The van der Waals surface area contributed by atoms with E-state index >= 15 is 0 Å². The van der Waals surface area contributed by atoms with Gasteiger partial charge in [0.1, 0.15) is 11.1 Å². The highest BCUT2D eigenvalue weighted by atomic mass is 16.5. The Morgan fingerprint density at radius 1 is 1.00 bits per heavy atom. The minimum Gasteiger partial charge on any atom is -0.480 e. The number of anilines is 1. The molecule has 0 spiro atoms. The number of aromatic nitrogens is 2. The molecule has 9 heteroatoms. The summed E-state index contributed by atoms with van der Waals surface area (Å²) in [7, 11) is 1.61. The highest BCUT2D eigenvalue weighted by molar-refractivity contribution is 6.03. The van der Waals surface area contributed by atoms with Gasteiger partial charge >= 0.3 is 6.09 Å². The monoisotopic (exact) mass is 556 g/mol. The number of methoxy groups -OCH3 is 1. The van der Waals surface area contributed by atoms with Crippen LogP contribution in [0.5, 0.6) is 5.88 Å². The molecule has 1 saturated heterocycles. The number of nitrogens with zero attached hydrogens (tertiary/aromatic N) is 4. The topological polar surface area (TPSA) is 101 Å². The zero-order valence-electron chi connectivity index (χ0n) is 24.0. The van der Waals surface area contributed by atoms with Crippen LogP contribution in [0, 0.1) is 0 Å². The number of hydrogen-bond donors (Lipinski definition) is 1. The number of carboxylic acid groups (broad SMARTS) is 1. The number of carbonyl (C=O) groups is 1. The lowest BCUT2D eigenvalue weighted by Crippen LogP contribution is -2.60. The molecule has 214 valence electrons. The van der Waals surface area contributed by atoms with Crippen LogP contribution >= 0.6 is 0 Å². The maximum absolute atomic E-state index is 12.4. The SMILES string of the molecule is COc1nc(N2CCOCC2)nc2oc(-c3ccc(C4(N(C(=O)O)C(C)(C)C)CCC4)cc3)c(-c3ccccc3)c12. The smallest absolute Gasteiger partial charge is 0.408 e. The van der Waals surface area contributed by atoms with E-state index in [1.165, 1.54) is 0 Å². The molecule has 0 bridgehead atoms. The van der Waals surface area contributed by atoms with E-state index in [4.69, 9.17) is 23.9 Å². The fourth-order valence-corrected chi connectivity index (χ4v) is 6.29. The number of amides is 1. The first kappa shape index (κ1) is 27.1. The Kier molecular flexibility index (Phi) is 6.85. The average molecular weight is 557 g/mol. The molecule has 4 aromatic rings. The van der Waals surface area contributed by atoms with Gasteiger partial charge in [0.15, 0.2) is 0 Å². The molecule has 1 aliphatic heterocycles. The highest BCUT2D eigenvalue weighted by Crippen LogP contribution is 2.50. The maximum atomic E-state index is 12.4. The van der Waals surface area contributed by atoms with Crippen LogP contribution in [0.3, 0.4) is 0 Å². The number of hydrogen-bond acceptors (Lipinski definition) is 7. The molecule has 1 amide bonds. The summed E-state index contributed by atoms with van der Waals surface area (Å²) >= 11 is 0. The first-order valence-electron chi connectivity index (χ1n) is 14.1. The molecule has 2 aliphatic rings. The fraction of sp³-hybridized carbons (Fsp3) is 0.406. The summed E-state index contributed by atoms with van der Waals surface area (Å²) in [5.41, 5.74) is 3.07. The van der Waals surface area contributed by atoms with Crippen LogP contribution in [-0.4, -0.2) is 65.0 Å². The number of furan rings is 1. The highest BCUT2D eigenvalue weighted by Gasteiger charge is 2.50. The maximum Gasteiger partial charge on any atom is 0.408 e. The van der Waals surface area contributed by atoms with Crippen molar-refractivity contribution < 1.29 is 23.8 Å². The standard InChI is InChI=1S/C32H36N4O5/c1-31(2,3)36(30(37)38)32(15-8-16-32)23-13-11-22(12-14-23)26-24(21-9-6-5-7-10-21)25-27(39-4)33-29(34-28(25)41-26)35-17-19-40-20-18-35/h5-7,9-14H,8,15-20H2,1-4H3,(H,37,38). The van der Waals surface area contributed by atoms with Crippen LogP contribution in [-0.2, 0) is 10.3 Å². The van der Waals surface area contributed by atoms with Gasteiger partial charge in [-0.15, -0.1) is 0 Å². The van der Waals surface area contributed by atoms with Crippen LogP contribution in [0.15, 0.2) is 59.0 Å². The molecule has 2 aromatic carbocycles. The number of rotatable bonds is 6. The van der Waals surface area contributed by atoms with Gasteiger partial charge in [-0.3, -0.25) is 4.90 Å². The van der Waals surface area contributed by atoms with Crippen molar-refractivity contribution in [3.05, 3.63) is 60.2 Å². The third-order valence-corrected chi connectivity index (χ3v) is 8.21. The van der Waals surface area contributed by atoms with Gasteiger partial charge in [-0.1, -0.05) is 54.6 Å². The Balaban J connectivity index is 1.48. The molecule has 9 nitrogen and oxygen atoms in total. The van der Waals surface area contributed by atoms with E-state index < -0.39 is 17.2 Å². The second kappa shape index (κ2) is 10.4. The predicted octanol–water partition coefficient (Wildman–Crippen LogP) is 6.56. The largest absolute Gasteiger partial charge is 0.480 e. The van der Waals surface area contributed by atoms with E-state index in [0.29, 0.717) is 49.6 Å². The molecule has 3 heterocycles. The van der Waals surface area contributed by atoms with Gasteiger partial charge in [0, 0.05) is 29.8 Å². The quantitative estimate of drug-likeness (QED) is 0.285. The van der Waals surface area contributed by atoms with Crippen molar-refractivity contribution >= 4 is 23.1 Å². The molecule has 1 N–H and O–H groups in total. The lowest BCUT2D eigenvalue weighted by atomic mass is 9.69. The normalized spacial score (nSPS) is 16.8. The Bertz CT molecular complexity index is 1550. The van der Waals surface area contributed by atoms with Gasteiger partial charge in [0.2, 0.25) is 17.5 Å². The molecule has 0 atom stereocenters. The van der Waals surface area contributed by atoms with Crippen molar-refractivity contribution in [3.63, 3.8) is 0 Å². The van der Waals surface area contributed by atoms with Crippen molar-refractivity contribution in [1.29, 1.82) is 0 Å². The molecule has 41 heavy (non-hydrogen) atoms. The van der Waals surface area contributed by atoms with Crippen molar-refractivity contribution in [3.8, 4) is 28.3 Å². The van der Waals surface area contributed by atoms with Gasteiger partial charge in [-0.25, -0.2) is 4.79 Å². The molecule has 2 aromatic heterocycles. The van der Waals surface area contributed by atoms with Gasteiger partial charge in [-0.2, -0.15) is 9.97 Å². The van der Waals surface area contributed by atoms with E-state index in [2.05, 4.69) is 4.90 Å². The Morgan fingerprint density at radius 2 is 1.68 bits per heavy atom. The third-order valence-electron chi connectivity index (χ3n) is 8.21. The van der Waals surface area contributed by atoms with E-state index in [0.717, 1.165) is 46.9 Å². The van der Waals surface area contributed by atoms with Crippen molar-refractivity contribution in [2.24, 2.45) is 0 Å². The Hall–Kier alpha value is -4.11. The molecular weight excluding hydrogens is 520 g/mol. The fourth-order valence-electron chi connectivity index (χ4n) is 6.29. The summed E-state index contributed by atoms with van der Waals surface area (Å²) in [6.45, 7) is 8.48. The van der Waals surface area contributed by atoms with E-state index in [-0.39, 0.29) is 0 Å². The zero-order valence-corrected chi connectivity index (χ0v) is 24.0. The summed E-state index contributed by atoms with van der Waals surface area (Å²) in [4.78, 5) is 25.7. The summed E-state index contributed by atoms with van der Waals surface area (Å²) in [5.74, 6) is 1.67. The second-order valence-corrected chi connectivity index (χ2v) is 11.7. The third kappa shape index (κ3) is 4.68. The van der Waals surface area contributed by atoms with Crippen molar-refractivity contribution in [2.45, 2.75) is 51.1 Å². The minimum atomic E-state index is -0.897. The molecule has 0 radical (unpaired) electrons. The Morgan fingerprint density at radius 3 is 2.24 bits per heavy atom. The van der Waals surface area contributed by atoms with Gasteiger partial charge in [0.25, 0.3) is 0 Å². The van der Waals surface area contributed by atoms with E-state index in [1.54, 1.807) is 12.0 Å². The lowest BCUT2D eigenvalue weighted by molar-refractivity contribution is -0.0328. The van der Waals surface area contributed by atoms with Gasteiger partial charge in [-0.05, 0) is 51.2 Å². The number of fused-ring (bicyclic) bond motifs is 1. The van der Waals surface area contributed by atoms with Crippen molar-refractivity contribution in [1.82, 2.24) is 14.9 Å². The predicted molar refractivity (Wildman–Crippen MR) is 157 cm³/mol. The summed E-state index contributed by atoms with van der Waals surface area (Å²) in [6.07, 6.45) is 1.69. The lowest BCUT2D eigenvalue weighted by Gasteiger charge is -2.54. The summed E-state index contributed by atoms with van der Waals surface area (Å²) in [5, 5.41) is 10.9. The first-order chi connectivity index (χ1) is 19.7. The van der Waals surface area contributed by atoms with Crippen LogP contribution in [0.25, 0.3) is 33.6 Å². The summed E-state index contributed by atoms with van der Waals surface area (Å²) < 4.78 is 17.8. The van der Waals surface area contributed by atoms with Gasteiger partial charge in [0.05, 0.1) is 25.9 Å². The first-order valence-corrected chi connectivity index (χ1v) is 14.1. The average Bonchev–Trinajstić information content (AvgIpc) is 3.34. The van der Waals surface area contributed by atoms with Crippen LogP contribution < -0.4 is 9.64 Å². The number of benzene rings is 2. The van der Waals surface area contributed by atoms with E-state index in [1.807, 2.05) is 75.4 Å². The molecule has 2 fully saturated rings. The minimum absolute atomic E-state index is 0.455. The molecule has 0 unspecified atom stereocenters. The molecule has 6 rings (SSSR count). The van der Waals surface area contributed by atoms with Crippen LogP contribution in [0.1, 0.15) is 45.6 Å². The molecule has 1 aliphatic carbocycles. The molecular formula is C32H36N4O5.